The van der Waals surface area contributed by atoms with Gasteiger partial charge in [-0.3, -0.25) is 4.79 Å². The number of primary amides is 1. The van der Waals surface area contributed by atoms with Crippen LogP contribution in [0.4, 0.5) is 5.69 Å². The molecule has 2 aromatic heterocycles. The number of aromatic nitrogens is 2. The van der Waals surface area contributed by atoms with Crippen molar-refractivity contribution in [2.75, 3.05) is 5.32 Å². The molecule has 4 fully saturated rings. The van der Waals surface area contributed by atoms with Crippen LogP contribution in [0.2, 0.25) is 0 Å². The van der Waals surface area contributed by atoms with Crippen molar-refractivity contribution in [2.24, 2.45) is 29.4 Å². The van der Waals surface area contributed by atoms with E-state index in [0.29, 0.717) is 11.6 Å². The van der Waals surface area contributed by atoms with Gasteiger partial charge in [-0.15, -0.1) is 0 Å². The topological polar surface area (TPSA) is 83.8 Å². The second kappa shape index (κ2) is 4.73. The fourth-order valence-corrected chi connectivity index (χ4v) is 5.68. The van der Waals surface area contributed by atoms with E-state index in [9.17, 15) is 4.79 Å². The van der Waals surface area contributed by atoms with Crippen molar-refractivity contribution in [1.29, 1.82) is 0 Å². The summed E-state index contributed by atoms with van der Waals surface area (Å²) in [4.78, 5) is 19.3. The largest absolute Gasteiger partial charge is 0.380 e. The van der Waals surface area contributed by atoms with Crippen molar-refractivity contribution in [3.63, 3.8) is 0 Å². The van der Waals surface area contributed by atoms with Crippen molar-refractivity contribution in [3.05, 3.63) is 24.0 Å². The number of carbonyl (C=O) groups is 1. The first-order valence-electron chi connectivity index (χ1n) is 8.71. The fourth-order valence-electron chi connectivity index (χ4n) is 5.68. The summed E-state index contributed by atoms with van der Waals surface area (Å²) in [6.07, 6.45) is 10.3. The zero-order valence-corrected chi connectivity index (χ0v) is 13.1. The molecule has 0 saturated heterocycles. The lowest BCUT2D eigenvalue weighted by molar-refractivity contribution is 0.00755. The van der Waals surface area contributed by atoms with Crippen LogP contribution in [-0.4, -0.2) is 21.9 Å². The Morgan fingerprint density at radius 3 is 2.52 bits per heavy atom. The SMILES string of the molecule is NC(=O)c1cnc2[nH]ccc2c1NC1C2CC3CC(C2)CC1C3. The van der Waals surface area contributed by atoms with Crippen molar-refractivity contribution in [2.45, 2.75) is 38.1 Å². The first-order chi connectivity index (χ1) is 11.2. The van der Waals surface area contributed by atoms with Crippen molar-refractivity contribution < 1.29 is 4.79 Å². The number of anilines is 1. The van der Waals surface area contributed by atoms with Crippen LogP contribution in [-0.2, 0) is 0 Å². The minimum Gasteiger partial charge on any atom is -0.380 e. The summed E-state index contributed by atoms with van der Waals surface area (Å²) in [6.45, 7) is 0. The van der Waals surface area contributed by atoms with E-state index in [1.807, 2.05) is 12.3 Å². The molecule has 120 valence electrons. The molecule has 2 heterocycles. The monoisotopic (exact) mass is 310 g/mol. The standard InChI is InChI=1S/C18H22N4O/c19-17(23)14-8-21-18-13(1-2-20-18)16(14)22-15-11-4-9-3-10(6-11)7-12(15)5-9/h1-2,8-12,15H,3-7H2,(H2,19,23)(H2,20,21,22). The van der Waals surface area contributed by atoms with E-state index in [4.69, 9.17) is 5.73 Å². The Kier molecular flexibility index (Phi) is 2.75. The van der Waals surface area contributed by atoms with Crippen LogP contribution in [0.1, 0.15) is 42.5 Å². The normalized spacial score (nSPS) is 34.9. The van der Waals surface area contributed by atoms with Gasteiger partial charge in [0.25, 0.3) is 5.91 Å². The smallest absolute Gasteiger partial charge is 0.252 e. The van der Waals surface area contributed by atoms with E-state index >= 15 is 0 Å². The first kappa shape index (κ1) is 13.4. The first-order valence-corrected chi connectivity index (χ1v) is 8.71. The van der Waals surface area contributed by atoms with E-state index in [2.05, 4.69) is 15.3 Å². The highest BCUT2D eigenvalue weighted by Gasteiger charge is 2.48. The van der Waals surface area contributed by atoms with Crippen molar-refractivity contribution >= 4 is 22.6 Å². The van der Waals surface area contributed by atoms with Gasteiger partial charge in [-0.1, -0.05) is 0 Å². The van der Waals surface area contributed by atoms with Crippen LogP contribution in [0.5, 0.6) is 0 Å². The van der Waals surface area contributed by atoms with Gasteiger partial charge in [-0.2, -0.15) is 0 Å². The Morgan fingerprint density at radius 2 is 1.87 bits per heavy atom. The molecule has 1 amide bonds. The number of amides is 1. The lowest BCUT2D eigenvalue weighted by Gasteiger charge is -2.54. The van der Waals surface area contributed by atoms with Crippen LogP contribution in [0, 0.1) is 23.7 Å². The molecule has 4 bridgehead atoms. The Bertz CT molecular complexity index is 752. The number of rotatable bonds is 3. The molecule has 0 aromatic carbocycles. The van der Waals surface area contributed by atoms with Gasteiger partial charge in [0.05, 0.1) is 11.3 Å². The van der Waals surface area contributed by atoms with Crippen molar-refractivity contribution in [1.82, 2.24) is 9.97 Å². The molecule has 2 aromatic rings. The number of hydrogen-bond acceptors (Lipinski definition) is 3. The zero-order valence-electron chi connectivity index (χ0n) is 13.1. The van der Waals surface area contributed by atoms with E-state index in [-0.39, 0.29) is 0 Å². The highest BCUT2D eigenvalue weighted by atomic mass is 16.1. The van der Waals surface area contributed by atoms with Gasteiger partial charge < -0.3 is 16.0 Å². The molecule has 5 nitrogen and oxygen atoms in total. The number of fused-ring (bicyclic) bond motifs is 1. The molecule has 0 unspecified atom stereocenters. The minimum absolute atomic E-state index is 0.410. The molecule has 4 aliphatic carbocycles. The van der Waals surface area contributed by atoms with Crippen molar-refractivity contribution in [3.8, 4) is 0 Å². The summed E-state index contributed by atoms with van der Waals surface area (Å²) in [7, 11) is 0. The fraction of sp³-hybridized carbons (Fsp3) is 0.556. The molecule has 0 atom stereocenters. The zero-order chi connectivity index (χ0) is 15.6. The van der Waals surface area contributed by atoms with Gasteiger partial charge in [-0.25, -0.2) is 4.98 Å². The predicted molar refractivity (Wildman–Crippen MR) is 89.1 cm³/mol. The predicted octanol–water partition coefficient (Wildman–Crippen LogP) is 2.90. The lowest BCUT2D eigenvalue weighted by atomic mass is 9.54. The molecule has 4 aliphatic rings. The third-order valence-electron chi connectivity index (χ3n) is 6.39. The Morgan fingerprint density at radius 1 is 1.17 bits per heavy atom. The number of nitrogens with zero attached hydrogens (tertiary/aromatic N) is 1. The van der Waals surface area contributed by atoms with Gasteiger partial charge in [0.15, 0.2) is 0 Å². The maximum absolute atomic E-state index is 11.9. The summed E-state index contributed by atoms with van der Waals surface area (Å²) >= 11 is 0. The quantitative estimate of drug-likeness (QED) is 0.815. The van der Waals surface area contributed by atoms with Crippen LogP contribution < -0.4 is 11.1 Å². The maximum Gasteiger partial charge on any atom is 0.252 e. The number of nitrogens with two attached hydrogens (primary N) is 1. The summed E-state index contributed by atoms with van der Waals surface area (Å²) in [5, 5.41) is 4.71. The Hall–Kier alpha value is -2.04. The van der Waals surface area contributed by atoms with E-state index < -0.39 is 5.91 Å². The van der Waals surface area contributed by atoms with E-state index in [0.717, 1.165) is 40.4 Å². The van der Waals surface area contributed by atoms with Crippen LogP contribution in [0.25, 0.3) is 11.0 Å². The Balaban J connectivity index is 1.55. The molecular formula is C18H22N4O. The molecule has 4 N–H and O–H groups in total. The van der Waals surface area contributed by atoms with Gasteiger partial charge in [0.2, 0.25) is 0 Å². The van der Waals surface area contributed by atoms with Gasteiger partial charge in [-0.05, 0) is 61.8 Å². The average Bonchev–Trinajstić information content (AvgIpc) is 2.98. The summed E-state index contributed by atoms with van der Waals surface area (Å²) in [5.41, 5.74) is 7.78. The number of aromatic amines is 1. The lowest BCUT2D eigenvalue weighted by Crippen LogP contribution is -2.51. The highest BCUT2D eigenvalue weighted by molar-refractivity contribution is 6.06. The third-order valence-corrected chi connectivity index (χ3v) is 6.39. The second-order valence-electron chi connectivity index (χ2n) is 7.75. The van der Waals surface area contributed by atoms with E-state index in [1.54, 1.807) is 6.20 Å². The molecular weight excluding hydrogens is 288 g/mol. The molecule has 23 heavy (non-hydrogen) atoms. The van der Waals surface area contributed by atoms with Gasteiger partial charge in [0, 0.05) is 23.8 Å². The molecule has 0 aliphatic heterocycles. The average molecular weight is 310 g/mol. The minimum atomic E-state index is -0.410. The number of H-pyrrole nitrogens is 1. The van der Waals surface area contributed by atoms with Crippen LogP contribution >= 0.6 is 0 Å². The van der Waals surface area contributed by atoms with E-state index in [1.165, 1.54) is 32.1 Å². The highest BCUT2D eigenvalue weighted by Crippen LogP contribution is 2.54. The summed E-state index contributed by atoms with van der Waals surface area (Å²) in [5.74, 6) is 2.96. The number of pyridine rings is 1. The second-order valence-corrected chi connectivity index (χ2v) is 7.75. The van der Waals surface area contributed by atoms with Crippen LogP contribution in [0.15, 0.2) is 18.5 Å². The molecule has 0 radical (unpaired) electrons. The maximum atomic E-state index is 11.9. The van der Waals surface area contributed by atoms with Crippen LogP contribution in [0.3, 0.4) is 0 Å². The Labute approximate surface area is 135 Å². The number of hydrogen-bond donors (Lipinski definition) is 3. The summed E-state index contributed by atoms with van der Waals surface area (Å²) < 4.78 is 0. The van der Waals surface area contributed by atoms with Gasteiger partial charge in [0.1, 0.15) is 5.65 Å². The molecule has 0 spiro atoms. The number of nitrogens with one attached hydrogen (secondary N) is 2. The summed E-state index contributed by atoms with van der Waals surface area (Å²) in [6, 6.07) is 2.45. The molecule has 5 heteroatoms. The number of carbonyl (C=O) groups excluding carboxylic acids is 1. The third kappa shape index (κ3) is 1.98. The van der Waals surface area contributed by atoms with Gasteiger partial charge >= 0.3 is 0 Å². The molecule has 6 rings (SSSR count). The molecule has 4 saturated carbocycles.